The average Bonchev–Trinajstić information content (AvgIpc) is 2.26. The lowest BCUT2D eigenvalue weighted by molar-refractivity contribution is 0.253. The lowest BCUT2D eigenvalue weighted by atomic mass is 10.2. The zero-order valence-corrected chi connectivity index (χ0v) is 10.2. The summed E-state index contributed by atoms with van der Waals surface area (Å²) in [5.74, 6) is 1.47. The second-order valence-electron chi connectivity index (χ2n) is 4.10. The van der Waals surface area contributed by atoms with Crippen molar-refractivity contribution in [1.82, 2.24) is 4.98 Å². The highest BCUT2D eigenvalue weighted by Gasteiger charge is 2.06. The SMILES string of the molecule is CCCOc1ccc(N)c(OCC(C)C)n1. The molecule has 0 unspecified atom stereocenters. The summed E-state index contributed by atoms with van der Waals surface area (Å²) in [5, 5.41) is 0. The highest BCUT2D eigenvalue weighted by molar-refractivity contribution is 5.49. The van der Waals surface area contributed by atoms with E-state index in [-0.39, 0.29) is 0 Å². The standard InChI is InChI=1S/C12H20N2O2/c1-4-7-15-11-6-5-10(13)12(14-11)16-8-9(2)3/h5-6,9H,4,7-8,13H2,1-3H3. The summed E-state index contributed by atoms with van der Waals surface area (Å²) in [6, 6.07) is 3.51. The number of nitrogens with zero attached hydrogens (tertiary/aromatic N) is 1. The van der Waals surface area contributed by atoms with E-state index in [1.54, 1.807) is 12.1 Å². The van der Waals surface area contributed by atoms with E-state index in [4.69, 9.17) is 15.2 Å². The molecule has 0 saturated carbocycles. The number of rotatable bonds is 6. The zero-order valence-electron chi connectivity index (χ0n) is 10.2. The number of nitrogen functional groups attached to an aromatic ring is 1. The maximum atomic E-state index is 5.76. The average molecular weight is 224 g/mol. The van der Waals surface area contributed by atoms with Crippen molar-refractivity contribution in [3.05, 3.63) is 12.1 Å². The lowest BCUT2D eigenvalue weighted by Crippen LogP contribution is -2.08. The van der Waals surface area contributed by atoms with E-state index in [0.717, 1.165) is 6.42 Å². The third kappa shape index (κ3) is 3.96. The summed E-state index contributed by atoms with van der Waals surface area (Å²) in [6.45, 7) is 7.46. The molecule has 0 fully saturated rings. The van der Waals surface area contributed by atoms with Crippen LogP contribution in [0.25, 0.3) is 0 Å². The van der Waals surface area contributed by atoms with Crippen molar-refractivity contribution in [3.8, 4) is 11.8 Å². The first-order valence-electron chi connectivity index (χ1n) is 5.65. The van der Waals surface area contributed by atoms with Crippen LogP contribution in [-0.2, 0) is 0 Å². The number of aromatic nitrogens is 1. The van der Waals surface area contributed by atoms with Crippen LogP contribution in [0, 0.1) is 5.92 Å². The molecule has 4 heteroatoms. The molecule has 0 aliphatic rings. The highest BCUT2D eigenvalue weighted by atomic mass is 16.5. The fraction of sp³-hybridized carbons (Fsp3) is 0.583. The molecule has 1 aromatic rings. The van der Waals surface area contributed by atoms with Gasteiger partial charge in [0.05, 0.1) is 18.9 Å². The van der Waals surface area contributed by atoms with Gasteiger partial charge < -0.3 is 15.2 Å². The third-order valence-corrected chi connectivity index (χ3v) is 1.87. The minimum atomic E-state index is 0.446. The molecule has 0 radical (unpaired) electrons. The van der Waals surface area contributed by atoms with Crippen molar-refractivity contribution in [2.24, 2.45) is 5.92 Å². The van der Waals surface area contributed by atoms with Crippen LogP contribution < -0.4 is 15.2 Å². The van der Waals surface area contributed by atoms with E-state index in [1.807, 2.05) is 6.92 Å². The summed E-state index contributed by atoms with van der Waals surface area (Å²) in [6.07, 6.45) is 0.953. The predicted octanol–water partition coefficient (Wildman–Crippen LogP) is 2.49. The molecule has 1 heterocycles. The summed E-state index contributed by atoms with van der Waals surface area (Å²) in [5.41, 5.74) is 6.31. The molecule has 0 saturated heterocycles. The Morgan fingerprint density at radius 1 is 1.31 bits per heavy atom. The predicted molar refractivity (Wildman–Crippen MR) is 64.8 cm³/mol. The van der Waals surface area contributed by atoms with Gasteiger partial charge in [-0.15, -0.1) is 0 Å². The molecule has 2 N–H and O–H groups in total. The number of pyridine rings is 1. The fourth-order valence-corrected chi connectivity index (χ4v) is 1.08. The Morgan fingerprint density at radius 3 is 2.69 bits per heavy atom. The van der Waals surface area contributed by atoms with Gasteiger partial charge in [0.25, 0.3) is 0 Å². The van der Waals surface area contributed by atoms with Gasteiger partial charge in [0.2, 0.25) is 11.8 Å². The van der Waals surface area contributed by atoms with E-state index in [0.29, 0.717) is 36.6 Å². The summed E-state index contributed by atoms with van der Waals surface area (Å²) in [4.78, 5) is 4.21. The Bertz CT molecular complexity index is 327. The molecule has 0 aliphatic carbocycles. The van der Waals surface area contributed by atoms with Gasteiger partial charge in [-0.1, -0.05) is 20.8 Å². The topological polar surface area (TPSA) is 57.4 Å². The quantitative estimate of drug-likeness (QED) is 0.806. The van der Waals surface area contributed by atoms with E-state index < -0.39 is 0 Å². The van der Waals surface area contributed by atoms with Crippen LogP contribution in [0.1, 0.15) is 27.2 Å². The Morgan fingerprint density at radius 2 is 2.06 bits per heavy atom. The highest BCUT2D eigenvalue weighted by Crippen LogP contribution is 2.22. The van der Waals surface area contributed by atoms with Crippen LogP contribution in [0.5, 0.6) is 11.8 Å². The monoisotopic (exact) mass is 224 g/mol. The molecule has 0 bridgehead atoms. The van der Waals surface area contributed by atoms with Crippen LogP contribution in [0.15, 0.2) is 12.1 Å². The molecule has 0 atom stereocenters. The number of hydrogen-bond acceptors (Lipinski definition) is 4. The third-order valence-electron chi connectivity index (χ3n) is 1.87. The molecule has 90 valence electrons. The minimum absolute atomic E-state index is 0.446. The zero-order chi connectivity index (χ0) is 12.0. The van der Waals surface area contributed by atoms with E-state index in [1.165, 1.54) is 0 Å². The molecule has 16 heavy (non-hydrogen) atoms. The first-order valence-corrected chi connectivity index (χ1v) is 5.65. The number of nitrogens with two attached hydrogens (primary N) is 1. The van der Waals surface area contributed by atoms with Crippen molar-refractivity contribution in [2.75, 3.05) is 18.9 Å². The summed E-state index contributed by atoms with van der Waals surface area (Å²) < 4.78 is 10.9. The van der Waals surface area contributed by atoms with Gasteiger partial charge in [0.1, 0.15) is 0 Å². The lowest BCUT2D eigenvalue weighted by Gasteiger charge is -2.11. The van der Waals surface area contributed by atoms with Crippen molar-refractivity contribution in [1.29, 1.82) is 0 Å². The van der Waals surface area contributed by atoms with Crippen molar-refractivity contribution in [2.45, 2.75) is 27.2 Å². The van der Waals surface area contributed by atoms with Crippen molar-refractivity contribution in [3.63, 3.8) is 0 Å². The molecular weight excluding hydrogens is 204 g/mol. The van der Waals surface area contributed by atoms with Crippen molar-refractivity contribution >= 4 is 5.69 Å². The Kier molecular flexibility index (Phi) is 4.89. The van der Waals surface area contributed by atoms with E-state index in [9.17, 15) is 0 Å². The summed E-state index contributed by atoms with van der Waals surface area (Å²) in [7, 11) is 0. The molecule has 0 aromatic carbocycles. The second kappa shape index (κ2) is 6.20. The smallest absolute Gasteiger partial charge is 0.240 e. The first kappa shape index (κ1) is 12.6. The number of anilines is 1. The molecule has 1 rings (SSSR count). The molecule has 0 aliphatic heterocycles. The van der Waals surface area contributed by atoms with Crippen LogP contribution in [0.3, 0.4) is 0 Å². The van der Waals surface area contributed by atoms with Crippen LogP contribution in [0.4, 0.5) is 5.69 Å². The largest absolute Gasteiger partial charge is 0.478 e. The van der Waals surface area contributed by atoms with Crippen LogP contribution >= 0.6 is 0 Å². The maximum absolute atomic E-state index is 5.76. The van der Waals surface area contributed by atoms with Crippen molar-refractivity contribution < 1.29 is 9.47 Å². The number of hydrogen-bond donors (Lipinski definition) is 1. The van der Waals surface area contributed by atoms with Gasteiger partial charge in [-0.3, -0.25) is 0 Å². The second-order valence-corrected chi connectivity index (χ2v) is 4.10. The number of ether oxygens (including phenoxy) is 2. The summed E-state index contributed by atoms with van der Waals surface area (Å²) >= 11 is 0. The van der Waals surface area contributed by atoms with Gasteiger partial charge in [-0.05, 0) is 18.4 Å². The molecule has 4 nitrogen and oxygen atoms in total. The first-order chi connectivity index (χ1) is 7.63. The van der Waals surface area contributed by atoms with Crippen LogP contribution in [-0.4, -0.2) is 18.2 Å². The Balaban J connectivity index is 2.66. The maximum Gasteiger partial charge on any atom is 0.240 e. The van der Waals surface area contributed by atoms with Gasteiger partial charge >= 0.3 is 0 Å². The molecular formula is C12H20N2O2. The van der Waals surface area contributed by atoms with Gasteiger partial charge in [-0.2, -0.15) is 4.98 Å². The Labute approximate surface area is 96.8 Å². The molecule has 0 spiro atoms. The van der Waals surface area contributed by atoms with E-state index in [2.05, 4.69) is 18.8 Å². The molecule has 0 amide bonds. The van der Waals surface area contributed by atoms with Gasteiger partial charge in [0.15, 0.2) is 0 Å². The fourth-order valence-electron chi connectivity index (χ4n) is 1.08. The minimum Gasteiger partial charge on any atom is -0.478 e. The van der Waals surface area contributed by atoms with Gasteiger partial charge in [0, 0.05) is 6.07 Å². The molecule has 1 aromatic heterocycles. The van der Waals surface area contributed by atoms with E-state index >= 15 is 0 Å². The van der Waals surface area contributed by atoms with Gasteiger partial charge in [-0.25, -0.2) is 0 Å². The normalized spacial score (nSPS) is 10.5. The van der Waals surface area contributed by atoms with Crippen LogP contribution in [0.2, 0.25) is 0 Å². The Hall–Kier alpha value is -1.45.